The maximum Gasteiger partial charge on any atom is 0.339 e. The predicted octanol–water partition coefficient (Wildman–Crippen LogP) is 5.40. The van der Waals surface area contributed by atoms with Gasteiger partial charge >= 0.3 is 20.2 Å². The van der Waals surface area contributed by atoms with Crippen LogP contribution in [0.1, 0.15) is 0 Å². The Labute approximate surface area is 276 Å². The zero-order valence-corrected chi connectivity index (χ0v) is 26.4. The SMILES string of the molecule is O=c1c2cc3c4c5c(cc6c(=O)n7c8ccccc8nc7c7cc8c(c9c(cc(c2c49)c2nc4ccccc4n12)OS8(=O)=O)c5c67)S(=O)(=O)O3. The summed E-state index contributed by atoms with van der Waals surface area (Å²) in [5.41, 5.74) is 1.63. The highest BCUT2D eigenvalue weighted by molar-refractivity contribution is 7.87. The van der Waals surface area contributed by atoms with Crippen LogP contribution >= 0.6 is 0 Å². The third kappa shape index (κ3) is 2.50. The minimum absolute atomic E-state index is 0.0111. The van der Waals surface area contributed by atoms with Crippen LogP contribution in [0.15, 0.2) is 92.2 Å². The van der Waals surface area contributed by atoms with E-state index in [4.69, 9.17) is 18.3 Å². The molecular formula is C36H12N4O8S2. The first-order chi connectivity index (χ1) is 24.1. The highest BCUT2D eigenvalue weighted by atomic mass is 32.2. The fraction of sp³-hybridized carbons (Fsp3) is 0. The lowest BCUT2D eigenvalue weighted by molar-refractivity contribution is 0.487. The molecule has 2 aliphatic heterocycles. The van der Waals surface area contributed by atoms with Gasteiger partial charge in [0.1, 0.15) is 21.1 Å². The van der Waals surface area contributed by atoms with Gasteiger partial charge in [0.2, 0.25) is 0 Å². The molecule has 12 nitrogen and oxygen atoms in total. The van der Waals surface area contributed by atoms with E-state index in [1.54, 1.807) is 54.6 Å². The van der Waals surface area contributed by atoms with Gasteiger partial charge in [0.25, 0.3) is 11.1 Å². The maximum atomic E-state index is 14.4. The van der Waals surface area contributed by atoms with E-state index in [0.29, 0.717) is 65.4 Å². The molecule has 0 saturated heterocycles. The first-order valence-corrected chi connectivity index (χ1v) is 18.2. The van der Waals surface area contributed by atoms with Crippen LogP contribution in [0.2, 0.25) is 0 Å². The summed E-state index contributed by atoms with van der Waals surface area (Å²) >= 11 is 0. The lowest BCUT2D eigenvalue weighted by Crippen LogP contribution is -2.21. The monoisotopic (exact) mass is 692 g/mol. The highest BCUT2D eigenvalue weighted by Crippen LogP contribution is 2.57. The zero-order chi connectivity index (χ0) is 33.3. The van der Waals surface area contributed by atoms with Crippen molar-refractivity contribution >= 4 is 118 Å². The molecule has 13 rings (SSSR count). The summed E-state index contributed by atoms with van der Waals surface area (Å²) in [5, 5.41) is 3.65. The Morgan fingerprint density at radius 1 is 0.480 bits per heavy atom. The van der Waals surface area contributed by atoms with Crippen molar-refractivity contribution in [2.24, 2.45) is 0 Å². The van der Waals surface area contributed by atoms with Crippen LogP contribution in [0.4, 0.5) is 0 Å². The Hall–Kier alpha value is -6.38. The van der Waals surface area contributed by atoms with Crippen molar-refractivity contribution in [3.63, 3.8) is 0 Å². The van der Waals surface area contributed by atoms with Gasteiger partial charge in [0.15, 0.2) is 11.5 Å². The van der Waals surface area contributed by atoms with E-state index in [1.807, 2.05) is 0 Å². The van der Waals surface area contributed by atoms with Crippen molar-refractivity contribution in [1.29, 1.82) is 0 Å². The summed E-state index contributed by atoms with van der Waals surface area (Å²) in [4.78, 5) is 37.8. The molecule has 0 radical (unpaired) electrons. The van der Waals surface area contributed by atoms with E-state index in [1.165, 1.54) is 27.0 Å². The van der Waals surface area contributed by atoms with Crippen molar-refractivity contribution in [2.45, 2.75) is 9.79 Å². The minimum Gasteiger partial charge on any atom is -0.378 e. The molecule has 236 valence electrons. The molecule has 0 amide bonds. The van der Waals surface area contributed by atoms with E-state index in [-0.39, 0.29) is 53.9 Å². The molecular weight excluding hydrogens is 681 g/mol. The van der Waals surface area contributed by atoms with E-state index < -0.39 is 31.4 Å². The van der Waals surface area contributed by atoms with Gasteiger partial charge in [-0.25, -0.2) is 9.97 Å². The molecule has 0 bridgehead atoms. The topological polar surface area (TPSA) is 155 Å². The van der Waals surface area contributed by atoms with Gasteiger partial charge in [0.05, 0.1) is 32.8 Å². The molecule has 14 heteroatoms. The van der Waals surface area contributed by atoms with Gasteiger partial charge in [0, 0.05) is 53.9 Å². The predicted molar refractivity (Wildman–Crippen MR) is 186 cm³/mol. The van der Waals surface area contributed by atoms with Crippen LogP contribution in [0.3, 0.4) is 0 Å². The van der Waals surface area contributed by atoms with E-state index in [0.717, 1.165) is 0 Å². The molecule has 4 aromatic heterocycles. The van der Waals surface area contributed by atoms with Gasteiger partial charge in [-0.1, -0.05) is 24.3 Å². The number of nitrogens with zero attached hydrogens (tertiary/aromatic N) is 4. The Kier molecular flexibility index (Phi) is 3.81. The molecule has 0 spiro atoms. The summed E-state index contributed by atoms with van der Waals surface area (Å²) in [6.07, 6.45) is 0. The van der Waals surface area contributed by atoms with E-state index >= 15 is 0 Å². The number of hydrogen-bond acceptors (Lipinski definition) is 10. The molecule has 0 fully saturated rings. The maximum absolute atomic E-state index is 14.4. The smallest absolute Gasteiger partial charge is 0.339 e. The molecule has 0 N–H and O–H groups in total. The average Bonchev–Trinajstić information content (AvgIpc) is 3.68. The second-order valence-electron chi connectivity index (χ2n) is 12.9. The molecule has 50 heavy (non-hydrogen) atoms. The van der Waals surface area contributed by atoms with E-state index in [2.05, 4.69) is 0 Å². The molecule has 6 heterocycles. The summed E-state index contributed by atoms with van der Waals surface area (Å²) < 4.78 is 71.1. The normalized spacial score (nSPS) is 16.3. The van der Waals surface area contributed by atoms with Gasteiger partial charge < -0.3 is 8.37 Å². The lowest BCUT2D eigenvalue weighted by Gasteiger charge is -2.28. The van der Waals surface area contributed by atoms with Gasteiger partial charge in [-0.3, -0.25) is 18.4 Å². The molecule has 0 aliphatic carbocycles. The third-order valence-electron chi connectivity index (χ3n) is 10.6. The molecule has 0 atom stereocenters. The largest absolute Gasteiger partial charge is 0.378 e. The van der Waals surface area contributed by atoms with Gasteiger partial charge in [-0.15, -0.1) is 0 Å². The van der Waals surface area contributed by atoms with Crippen molar-refractivity contribution in [3.8, 4) is 11.5 Å². The highest BCUT2D eigenvalue weighted by Gasteiger charge is 2.40. The lowest BCUT2D eigenvalue weighted by atomic mass is 9.85. The zero-order valence-electron chi connectivity index (χ0n) is 24.8. The van der Waals surface area contributed by atoms with Crippen LogP contribution in [-0.4, -0.2) is 35.6 Å². The van der Waals surface area contributed by atoms with Crippen molar-refractivity contribution < 1.29 is 25.2 Å². The average molecular weight is 693 g/mol. The van der Waals surface area contributed by atoms with Crippen molar-refractivity contribution in [2.75, 3.05) is 0 Å². The fourth-order valence-corrected chi connectivity index (χ4v) is 11.1. The molecule has 0 unspecified atom stereocenters. The molecule has 2 aliphatic rings. The van der Waals surface area contributed by atoms with Gasteiger partial charge in [-0.05, 0) is 48.5 Å². The molecule has 11 aromatic rings. The van der Waals surface area contributed by atoms with Crippen LogP contribution in [0.5, 0.6) is 11.5 Å². The van der Waals surface area contributed by atoms with Gasteiger partial charge in [-0.2, -0.15) is 16.8 Å². The quantitative estimate of drug-likeness (QED) is 0.115. The number of rotatable bonds is 0. The Morgan fingerprint density at radius 2 is 0.900 bits per heavy atom. The summed E-state index contributed by atoms with van der Waals surface area (Å²) in [5.74, 6) is -0.0979. The summed E-state index contributed by atoms with van der Waals surface area (Å²) in [6.45, 7) is 0. The molecule has 0 saturated carbocycles. The van der Waals surface area contributed by atoms with Crippen molar-refractivity contribution in [3.05, 3.63) is 93.5 Å². The number of fused-ring (bicyclic) bond motifs is 8. The number of pyridine rings is 2. The number of para-hydroxylation sites is 4. The Bertz CT molecular complexity index is 3890. The standard InChI is InChI=1S/C36H12N4O8S2/c41-35-15-10-22-28-30-24(50(45,46)48-22)12-16-26-14(34-38-18-6-2-4-8-20(18)40(34)36(16)42)11-23-29(32(26)30)27-21(47-49(23,43)44)9-13(25(15)31(27)28)33-37-17-5-1-3-7-19(17)39(33)35/h1-12H. The number of aromatic nitrogens is 4. The molecule has 7 aromatic carbocycles. The van der Waals surface area contributed by atoms with Crippen LogP contribution in [-0.2, 0) is 20.2 Å². The second kappa shape index (κ2) is 7.44. The summed E-state index contributed by atoms with van der Waals surface area (Å²) in [7, 11) is -9.11. The Balaban J connectivity index is 1.43. The van der Waals surface area contributed by atoms with Crippen molar-refractivity contribution in [1.82, 2.24) is 18.8 Å². The summed E-state index contributed by atoms with van der Waals surface area (Å²) in [6, 6.07) is 19.8. The first-order valence-electron chi connectivity index (χ1n) is 15.4. The second-order valence-corrected chi connectivity index (χ2v) is 15.9. The number of imidazole rings is 2. The van der Waals surface area contributed by atoms with Crippen LogP contribution < -0.4 is 19.5 Å². The van der Waals surface area contributed by atoms with Crippen LogP contribution in [0, 0.1) is 0 Å². The first kappa shape index (κ1) is 25.6. The minimum atomic E-state index is -4.59. The van der Waals surface area contributed by atoms with Crippen LogP contribution in [0.25, 0.3) is 98.0 Å². The third-order valence-corrected chi connectivity index (χ3v) is 13.1. The fourth-order valence-electron chi connectivity index (χ4n) is 8.77. The number of hydrogen-bond donors (Lipinski definition) is 0. The van der Waals surface area contributed by atoms with E-state index in [9.17, 15) is 26.4 Å². The number of benzene rings is 7. The Morgan fingerprint density at radius 3 is 1.44 bits per heavy atom.